The molecule has 3 heterocycles. The van der Waals surface area contributed by atoms with E-state index in [0.29, 0.717) is 0 Å². The Labute approximate surface area is 157 Å². The summed E-state index contributed by atoms with van der Waals surface area (Å²) in [6.45, 7) is 6.01. The highest BCUT2D eigenvalue weighted by Gasteiger charge is 2.15. The smallest absolute Gasteiger partial charge is 0.191 e. The quantitative estimate of drug-likeness (QED) is 0.572. The van der Waals surface area contributed by atoms with Crippen LogP contribution in [0.5, 0.6) is 0 Å². The van der Waals surface area contributed by atoms with Gasteiger partial charge in [-0.25, -0.2) is 9.97 Å². The van der Waals surface area contributed by atoms with E-state index in [1.807, 2.05) is 6.92 Å². The third kappa shape index (κ3) is 5.40. The van der Waals surface area contributed by atoms with Crippen molar-refractivity contribution < 1.29 is 0 Å². The number of rotatable bonds is 7. The lowest BCUT2D eigenvalue weighted by atomic mass is 10.3. The molecule has 6 nitrogen and oxygen atoms in total. The minimum Gasteiger partial charge on any atom is -0.356 e. The maximum absolute atomic E-state index is 4.76. The Hall–Kier alpha value is -1.67. The third-order valence-electron chi connectivity index (χ3n) is 4.15. The number of nitrogens with one attached hydrogen (secondary N) is 2. The van der Waals surface area contributed by atoms with Crippen molar-refractivity contribution in [1.29, 1.82) is 0 Å². The summed E-state index contributed by atoms with van der Waals surface area (Å²) in [5.74, 6) is 0.835. The largest absolute Gasteiger partial charge is 0.356 e. The van der Waals surface area contributed by atoms with Crippen molar-refractivity contribution in [1.82, 2.24) is 20.6 Å². The van der Waals surface area contributed by atoms with Crippen LogP contribution < -0.4 is 15.5 Å². The molecule has 0 aliphatic carbocycles. The van der Waals surface area contributed by atoms with Gasteiger partial charge in [0.05, 0.1) is 16.4 Å². The monoisotopic (exact) mass is 378 g/mol. The van der Waals surface area contributed by atoms with E-state index in [1.165, 1.54) is 18.0 Å². The number of aromatic nitrogens is 2. The van der Waals surface area contributed by atoms with Gasteiger partial charge in [-0.1, -0.05) is 0 Å². The van der Waals surface area contributed by atoms with Crippen LogP contribution >= 0.6 is 22.7 Å². The second kappa shape index (κ2) is 9.15. The fraction of sp³-hybridized carbons (Fsp3) is 0.588. The fourth-order valence-corrected chi connectivity index (χ4v) is 4.39. The Morgan fingerprint density at radius 2 is 1.72 bits per heavy atom. The lowest BCUT2D eigenvalue weighted by Crippen LogP contribution is -2.39. The summed E-state index contributed by atoms with van der Waals surface area (Å²) in [7, 11) is 1.80. The summed E-state index contributed by atoms with van der Waals surface area (Å²) in [5, 5.41) is 13.3. The Kier molecular flexibility index (Phi) is 6.63. The minimum absolute atomic E-state index is 0.832. The summed E-state index contributed by atoms with van der Waals surface area (Å²) in [6, 6.07) is 0. The first-order valence-electron chi connectivity index (χ1n) is 8.79. The highest BCUT2D eigenvalue weighted by molar-refractivity contribution is 7.13. The molecule has 8 heteroatoms. The van der Waals surface area contributed by atoms with E-state index in [4.69, 9.17) is 4.98 Å². The molecule has 0 bridgehead atoms. The van der Waals surface area contributed by atoms with E-state index in [9.17, 15) is 0 Å². The predicted molar refractivity (Wildman–Crippen MR) is 107 cm³/mol. The lowest BCUT2D eigenvalue weighted by Gasteiger charge is -2.12. The lowest BCUT2D eigenvalue weighted by molar-refractivity contribution is 0.771. The summed E-state index contributed by atoms with van der Waals surface area (Å²) < 4.78 is 0. The summed E-state index contributed by atoms with van der Waals surface area (Å²) in [6.07, 6.45) is 4.41. The molecule has 0 atom stereocenters. The zero-order chi connectivity index (χ0) is 17.5. The van der Waals surface area contributed by atoms with Gasteiger partial charge < -0.3 is 15.5 Å². The second-order valence-electron chi connectivity index (χ2n) is 6.10. The summed E-state index contributed by atoms with van der Waals surface area (Å²) in [4.78, 5) is 15.9. The highest BCUT2D eigenvalue weighted by atomic mass is 32.1. The number of aliphatic imine (C=N–C) groups is 1. The van der Waals surface area contributed by atoms with Crippen molar-refractivity contribution in [2.24, 2.45) is 4.99 Å². The maximum Gasteiger partial charge on any atom is 0.191 e. The van der Waals surface area contributed by atoms with Crippen LogP contribution in [-0.2, 0) is 12.8 Å². The minimum atomic E-state index is 0.832. The van der Waals surface area contributed by atoms with Crippen molar-refractivity contribution in [3.63, 3.8) is 0 Å². The van der Waals surface area contributed by atoms with Crippen LogP contribution in [0.4, 0.5) is 5.13 Å². The van der Waals surface area contributed by atoms with E-state index < -0.39 is 0 Å². The summed E-state index contributed by atoms with van der Waals surface area (Å²) >= 11 is 3.46. The molecule has 1 aliphatic heterocycles. The van der Waals surface area contributed by atoms with Gasteiger partial charge in [0.25, 0.3) is 0 Å². The van der Waals surface area contributed by atoms with Gasteiger partial charge in [-0.2, -0.15) is 0 Å². The number of nitrogens with zero attached hydrogens (tertiary/aromatic N) is 4. The van der Waals surface area contributed by atoms with Crippen LogP contribution in [0.15, 0.2) is 15.8 Å². The second-order valence-corrected chi connectivity index (χ2v) is 8.00. The number of guanidine groups is 1. The van der Waals surface area contributed by atoms with Crippen molar-refractivity contribution in [3.8, 4) is 0 Å². The van der Waals surface area contributed by atoms with Crippen molar-refractivity contribution in [2.75, 3.05) is 38.1 Å². The first-order chi connectivity index (χ1) is 12.2. The molecule has 1 aliphatic rings. The molecule has 0 unspecified atom stereocenters. The number of hydrogen-bond donors (Lipinski definition) is 2. The molecule has 0 radical (unpaired) electrons. The number of aryl methyl sites for hydroxylation is 1. The zero-order valence-corrected chi connectivity index (χ0v) is 16.5. The molecule has 1 fully saturated rings. The molecule has 0 aromatic carbocycles. The average Bonchev–Trinajstić information content (AvgIpc) is 3.35. The standard InChI is InChI=1S/C17H26N6S2/c1-13-21-14(11-24-13)5-7-19-16(18-2)20-8-6-15-12-25-17(22-15)23-9-3-4-10-23/h11-12H,3-10H2,1-2H3,(H2,18,19,20). The van der Waals surface area contributed by atoms with Gasteiger partial charge in [0.15, 0.2) is 11.1 Å². The Morgan fingerprint density at radius 3 is 2.32 bits per heavy atom. The molecular formula is C17H26N6S2. The van der Waals surface area contributed by atoms with Crippen LogP contribution in [0.25, 0.3) is 0 Å². The Balaban J connectivity index is 1.36. The molecule has 0 saturated carbocycles. The zero-order valence-electron chi connectivity index (χ0n) is 14.9. The normalized spacial score (nSPS) is 15.0. The van der Waals surface area contributed by atoms with E-state index in [1.54, 1.807) is 29.7 Å². The maximum atomic E-state index is 4.76. The van der Waals surface area contributed by atoms with Gasteiger partial charge in [-0.15, -0.1) is 22.7 Å². The van der Waals surface area contributed by atoms with Gasteiger partial charge >= 0.3 is 0 Å². The van der Waals surface area contributed by atoms with Gasteiger partial charge in [0.2, 0.25) is 0 Å². The topological polar surface area (TPSA) is 65.4 Å². The van der Waals surface area contributed by atoms with Crippen LogP contribution in [0, 0.1) is 6.92 Å². The molecule has 2 aromatic rings. The highest BCUT2D eigenvalue weighted by Crippen LogP contribution is 2.24. The van der Waals surface area contributed by atoms with Crippen molar-refractivity contribution in [2.45, 2.75) is 32.6 Å². The Morgan fingerprint density at radius 1 is 1.08 bits per heavy atom. The van der Waals surface area contributed by atoms with Gasteiger partial charge in [-0.05, 0) is 19.8 Å². The molecule has 25 heavy (non-hydrogen) atoms. The Bertz CT molecular complexity index is 687. The number of anilines is 1. The number of hydrogen-bond acceptors (Lipinski definition) is 6. The molecule has 3 rings (SSSR count). The molecule has 0 amide bonds. The van der Waals surface area contributed by atoms with E-state index in [-0.39, 0.29) is 0 Å². The average molecular weight is 379 g/mol. The van der Waals surface area contributed by atoms with Crippen LogP contribution in [0.3, 0.4) is 0 Å². The van der Waals surface area contributed by atoms with Gasteiger partial charge in [0, 0.05) is 56.8 Å². The van der Waals surface area contributed by atoms with Crippen LogP contribution in [0.1, 0.15) is 29.2 Å². The third-order valence-corrected chi connectivity index (χ3v) is 5.93. The molecule has 2 aromatic heterocycles. The van der Waals surface area contributed by atoms with Crippen LogP contribution in [0.2, 0.25) is 0 Å². The van der Waals surface area contributed by atoms with Gasteiger partial charge in [-0.3, -0.25) is 4.99 Å². The molecule has 0 spiro atoms. The molecule has 2 N–H and O–H groups in total. The van der Waals surface area contributed by atoms with E-state index >= 15 is 0 Å². The summed E-state index contributed by atoms with van der Waals surface area (Å²) in [5.41, 5.74) is 2.30. The molecule has 1 saturated heterocycles. The molecule has 136 valence electrons. The first-order valence-corrected chi connectivity index (χ1v) is 10.6. The predicted octanol–water partition coefficient (Wildman–Crippen LogP) is 2.46. The molecular weight excluding hydrogens is 352 g/mol. The SMILES string of the molecule is CN=C(NCCc1csc(C)n1)NCCc1csc(N2CCCC2)n1. The number of thiazole rings is 2. The van der Waals surface area contributed by atoms with Crippen molar-refractivity contribution in [3.05, 3.63) is 27.2 Å². The van der Waals surface area contributed by atoms with E-state index in [2.05, 4.69) is 36.3 Å². The van der Waals surface area contributed by atoms with Gasteiger partial charge in [0.1, 0.15) is 0 Å². The van der Waals surface area contributed by atoms with Crippen LogP contribution in [-0.4, -0.2) is 49.2 Å². The van der Waals surface area contributed by atoms with Crippen molar-refractivity contribution >= 4 is 33.8 Å². The van der Waals surface area contributed by atoms with E-state index in [0.717, 1.165) is 61.4 Å². The fourth-order valence-electron chi connectivity index (χ4n) is 2.83. The first kappa shape index (κ1) is 18.1.